The van der Waals surface area contributed by atoms with Gasteiger partial charge in [-0.25, -0.2) is 12.7 Å². The SMILES string of the molecule is COC1COCCC1C[C@@H]1C[C@H]2CN(S(C)(=O)=O)C[C@@]2(C(=O)N2CCc3ncc(C(F)(F)F)cc3C2)C1. The van der Waals surface area contributed by atoms with E-state index in [1.54, 1.807) is 12.0 Å². The van der Waals surface area contributed by atoms with Crippen LogP contribution in [0.15, 0.2) is 12.3 Å². The zero-order valence-corrected chi connectivity index (χ0v) is 22.0. The van der Waals surface area contributed by atoms with Crippen LogP contribution < -0.4 is 0 Å². The summed E-state index contributed by atoms with van der Waals surface area (Å²) < 4.78 is 77.3. The van der Waals surface area contributed by atoms with E-state index in [1.165, 1.54) is 4.31 Å². The van der Waals surface area contributed by atoms with Crippen LogP contribution in [0.2, 0.25) is 0 Å². The van der Waals surface area contributed by atoms with Gasteiger partial charge in [-0.05, 0) is 55.1 Å². The van der Waals surface area contributed by atoms with Crippen molar-refractivity contribution in [3.8, 4) is 0 Å². The van der Waals surface area contributed by atoms with Crippen LogP contribution in [0, 0.1) is 23.2 Å². The van der Waals surface area contributed by atoms with Gasteiger partial charge in [0.15, 0.2) is 0 Å². The number of rotatable bonds is 5. The third-order valence-corrected chi connectivity index (χ3v) is 10.1. The van der Waals surface area contributed by atoms with Gasteiger partial charge >= 0.3 is 6.18 Å². The molecule has 0 radical (unpaired) electrons. The lowest BCUT2D eigenvalue weighted by Crippen LogP contribution is -2.49. The molecule has 5 atom stereocenters. The van der Waals surface area contributed by atoms with E-state index in [-0.39, 0.29) is 36.9 Å². The largest absolute Gasteiger partial charge is 0.417 e. The van der Waals surface area contributed by atoms with Crippen molar-refractivity contribution in [3.05, 3.63) is 29.1 Å². The van der Waals surface area contributed by atoms with Gasteiger partial charge in [0, 0.05) is 58.2 Å². The highest BCUT2D eigenvalue weighted by Crippen LogP contribution is 2.55. The first-order chi connectivity index (χ1) is 17.4. The van der Waals surface area contributed by atoms with Crippen LogP contribution >= 0.6 is 0 Å². The fourth-order valence-electron chi connectivity index (χ4n) is 7.01. The molecule has 0 aromatic carbocycles. The molecule has 12 heteroatoms. The molecule has 8 nitrogen and oxygen atoms in total. The molecule has 1 aromatic rings. The fourth-order valence-corrected chi connectivity index (χ4v) is 7.92. The molecule has 0 spiro atoms. The van der Waals surface area contributed by atoms with E-state index in [0.29, 0.717) is 56.3 Å². The zero-order valence-electron chi connectivity index (χ0n) is 21.2. The Morgan fingerprint density at radius 1 is 1.35 bits per heavy atom. The Hall–Kier alpha value is -1.76. The van der Waals surface area contributed by atoms with Crippen LogP contribution in [0.25, 0.3) is 0 Å². The van der Waals surface area contributed by atoms with E-state index in [0.717, 1.165) is 37.8 Å². The van der Waals surface area contributed by atoms with Gasteiger partial charge in [-0.2, -0.15) is 13.2 Å². The van der Waals surface area contributed by atoms with Gasteiger partial charge in [0.1, 0.15) is 0 Å². The van der Waals surface area contributed by atoms with Crippen molar-refractivity contribution in [1.29, 1.82) is 0 Å². The van der Waals surface area contributed by atoms with Gasteiger partial charge in [0.25, 0.3) is 0 Å². The van der Waals surface area contributed by atoms with Crippen molar-refractivity contribution in [1.82, 2.24) is 14.2 Å². The van der Waals surface area contributed by atoms with Crippen molar-refractivity contribution >= 4 is 15.9 Å². The number of carbonyl (C=O) groups excluding carboxylic acids is 1. The molecule has 1 amide bonds. The topological polar surface area (TPSA) is 89.0 Å². The van der Waals surface area contributed by atoms with Gasteiger partial charge in [-0.1, -0.05) is 0 Å². The van der Waals surface area contributed by atoms with Crippen LogP contribution in [0.5, 0.6) is 0 Å². The summed E-state index contributed by atoms with van der Waals surface area (Å²) in [4.78, 5) is 19.8. The number of hydrogen-bond acceptors (Lipinski definition) is 6. The number of carbonyl (C=O) groups is 1. The summed E-state index contributed by atoms with van der Waals surface area (Å²) in [5.74, 6) is 0.285. The molecule has 3 aliphatic heterocycles. The van der Waals surface area contributed by atoms with E-state index in [2.05, 4.69) is 4.98 Å². The van der Waals surface area contributed by atoms with Crippen LogP contribution in [-0.2, 0) is 43.4 Å². The van der Waals surface area contributed by atoms with Crippen LogP contribution in [0.4, 0.5) is 13.2 Å². The maximum atomic E-state index is 14.1. The van der Waals surface area contributed by atoms with Crippen molar-refractivity contribution in [2.45, 2.75) is 50.9 Å². The monoisotopic (exact) mass is 545 g/mol. The second kappa shape index (κ2) is 9.77. The summed E-state index contributed by atoms with van der Waals surface area (Å²) in [6.07, 6.45) is 0.951. The van der Waals surface area contributed by atoms with Crippen LogP contribution in [0.1, 0.15) is 42.5 Å². The summed E-state index contributed by atoms with van der Waals surface area (Å²) in [6, 6.07) is 1.09. The molecular weight excluding hydrogens is 511 g/mol. The molecule has 1 aromatic heterocycles. The number of methoxy groups -OCH3 is 1. The summed E-state index contributed by atoms with van der Waals surface area (Å²) in [5, 5.41) is 0. The molecule has 0 bridgehead atoms. The molecule has 4 heterocycles. The minimum atomic E-state index is -4.51. The third kappa shape index (κ3) is 5.14. The zero-order chi connectivity index (χ0) is 26.6. The number of sulfonamides is 1. The summed E-state index contributed by atoms with van der Waals surface area (Å²) in [7, 11) is -1.81. The quantitative estimate of drug-likeness (QED) is 0.566. The summed E-state index contributed by atoms with van der Waals surface area (Å²) in [6.45, 7) is 2.05. The van der Waals surface area contributed by atoms with Crippen LogP contribution in [0.3, 0.4) is 0 Å². The minimum Gasteiger partial charge on any atom is -0.379 e. The number of fused-ring (bicyclic) bond motifs is 2. The van der Waals surface area contributed by atoms with E-state index in [9.17, 15) is 26.4 Å². The lowest BCUT2D eigenvalue weighted by Gasteiger charge is -2.37. The highest BCUT2D eigenvalue weighted by molar-refractivity contribution is 7.88. The normalized spacial score (nSPS) is 32.8. The average molecular weight is 546 g/mol. The number of aromatic nitrogens is 1. The van der Waals surface area contributed by atoms with Gasteiger partial charge in [-0.3, -0.25) is 9.78 Å². The molecule has 0 N–H and O–H groups in total. The molecule has 4 aliphatic rings. The Morgan fingerprint density at radius 2 is 2.14 bits per heavy atom. The first kappa shape index (κ1) is 26.8. The predicted molar refractivity (Wildman–Crippen MR) is 128 cm³/mol. The molecule has 1 aliphatic carbocycles. The second-order valence-electron chi connectivity index (χ2n) is 11.2. The third-order valence-electron chi connectivity index (χ3n) is 8.86. The lowest BCUT2D eigenvalue weighted by atomic mass is 9.78. The Morgan fingerprint density at radius 3 is 2.84 bits per heavy atom. The second-order valence-corrected chi connectivity index (χ2v) is 13.1. The van der Waals surface area contributed by atoms with Gasteiger partial charge < -0.3 is 14.4 Å². The van der Waals surface area contributed by atoms with E-state index < -0.39 is 27.2 Å². The first-order valence-electron chi connectivity index (χ1n) is 12.8. The lowest BCUT2D eigenvalue weighted by molar-refractivity contribution is -0.144. The Bertz CT molecular complexity index is 1150. The summed E-state index contributed by atoms with van der Waals surface area (Å²) in [5.41, 5.74) is -0.718. The van der Waals surface area contributed by atoms with Crippen molar-refractivity contribution in [2.24, 2.45) is 23.2 Å². The molecule has 2 unspecified atom stereocenters. The smallest absolute Gasteiger partial charge is 0.379 e. The molecule has 5 rings (SSSR count). The van der Waals surface area contributed by atoms with E-state index >= 15 is 0 Å². The Kier molecular flexibility index (Phi) is 7.08. The number of hydrogen-bond donors (Lipinski definition) is 0. The average Bonchev–Trinajstić information content (AvgIpc) is 3.38. The molecule has 1 saturated carbocycles. The number of nitrogens with zero attached hydrogens (tertiary/aromatic N) is 3. The number of halogens is 3. The number of pyridine rings is 1. The first-order valence-corrected chi connectivity index (χ1v) is 14.7. The summed E-state index contributed by atoms with van der Waals surface area (Å²) >= 11 is 0. The van der Waals surface area contributed by atoms with Crippen molar-refractivity contribution < 1.29 is 35.9 Å². The van der Waals surface area contributed by atoms with Crippen LogP contribution in [-0.4, -0.2) is 80.8 Å². The number of ether oxygens (including phenoxy) is 2. The predicted octanol–water partition coefficient (Wildman–Crippen LogP) is 2.71. The standard InChI is InChI=1S/C25H34F3N3O5S/c1-35-22-14-36-6-4-17(22)7-16-8-20-13-31(37(2,33)34)15-24(20,10-16)23(32)30-5-3-21-18(12-30)9-19(11-29-21)25(26,27)28/h9,11,16-17,20,22H,3-8,10,12-15H2,1-2H3/t16-,17?,20+,22?,24+/m1/s1. The maximum absolute atomic E-state index is 14.1. The van der Waals surface area contributed by atoms with Gasteiger partial charge in [-0.15, -0.1) is 0 Å². The number of amides is 1. The maximum Gasteiger partial charge on any atom is 0.417 e. The van der Waals surface area contributed by atoms with Crippen molar-refractivity contribution in [3.63, 3.8) is 0 Å². The number of alkyl halides is 3. The highest BCUT2D eigenvalue weighted by atomic mass is 32.2. The fraction of sp³-hybridized carbons (Fsp3) is 0.760. The Balaban J connectivity index is 1.38. The van der Waals surface area contributed by atoms with Crippen molar-refractivity contribution in [2.75, 3.05) is 46.2 Å². The molecule has 2 saturated heterocycles. The Labute approximate surface area is 215 Å². The minimum absolute atomic E-state index is 0.00212. The van der Waals surface area contributed by atoms with Gasteiger partial charge in [0.05, 0.1) is 29.9 Å². The van der Waals surface area contributed by atoms with E-state index in [1.807, 2.05) is 0 Å². The molecular formula is C25H34F3N3O5S. The van der Waals surface area contributed by atoms with E-state index in [4.69, 9.17) is 9.47 Å². The van der Waals surface area contributed by atoms with Gasteiger partial charge in [0.2, 0.25) is 15.9 Å². The molecule has 206 valence electrons. The highest BCUT2D eigenvalue weighted by Gasteiger charge is 2.60. The molecule has 3 fully saturated rings. The molecule has 37 heavy (non-hydrogen) atoms.